The summed E-state index contributed by atoms with van der Waals surface area (Å²) in [4.78, 5) is 176. The second kappa shape index (κ2) is 63.4. The van der Waals surface area contributed by atoms with Gasteiger partial charge in [-0.1, -0.05) is 234 Å². The SMILES string of the molecule is CCCCCCCCOc1cc(OCCCCCCCC)c(C(=O)NNC(=O)CC(=O)NNC(=O)c2cc(C(=O)NNC(=O)OC(C)(C)C)c(OCCCCCCCC)cc2OCCCCCCCC)cc1C(=O)NNC(=O)CC(=O)NNC(=O)c1cc(C(=O)NNC(=O)CC(=O)OCC)c(OCCCCCCCC)cc1OCCCCCCCC. The molecule has 0 fully saturated rings. The Hall–Kier alpha value is -10.6. The number of hydrogen-bond acceptors (Lipinski definition) is 21. The third-order valence-corrected chi connectivity index (χ3v) is 18.8. The lowest BCUT2D eigenvalue weighted by Crippen LogP contribution is -2.47. The summed E-state index contributed by atoms with van der Waals surface area (Å²) in [6.07, 6.45) is 29.5. The average molecular weight is 1700 g/mol. The van der Waals surface area contributed by atoms with E-state index in [-0.39, 0.29) is 114 Å². The Bertz CT molecular complexity index is 3680. The van der Waals surface area contributed by atoms with Crippen molar-refractivity contribution in [2.75, 3.05) is 46.2 Å². The van der Waals surface area contributed by atoms with Crippen LogP contribution in [0.4, 0.5) is 4.79 Å². The van der Waals surface area contributed by atoms with Crippen molar-refractivity contribution in [1.82, 2.24) is 65.1 Å². The Morgan fingerprint density at radius 2 is 0.430 bits per heavy atom. The number of ether oxygens (including phenoxy) is 8. The molecule has 0 aliphatic rings. The summed E-state index contributed by atoms with van der Waals surface area (Å²) in [7, 11) is 0. The van der Waals surface area contributed by atoms with Crippen molar-refractivity contribution in [3.05, 3.63) is 69.8 Å². The summed E-state index contributed by atoms with van der Waals surface area (Å²) in [5.74, 6) is -12.0. The predicted molar refractivity (Wildman–Crippen MR) is 458 cm³/mol. The number of unbranched alkanes of at least 4 members (excludes halogenated alkanes) is 30. The molecule has 0 aromatic heterocycles. The number of rotatable bonds is 61. The zero-order valence-electron chi connectivity index (χ0n) is 73.6. The van der Waals surface area contributed by atoms with Crippen LogP contribution in [0.15, 0.2) is 36.4 Å². The molecule has 3 rings (SSSR count). The minimum atomic E-state index is -1.09. The Kier molecular flexibility index (Phi) is 54.8. The van der Waals surface area contributed by atoms with E-state index in [0.29, 0.717) is 38.5 Å². The van der Waals surface area contributed by atoms with Crippen LogP contribution in [0.25, 0.3) is 0 Å². The molecule has 0 heterocycles. The molecule has 0 saturated carbocycles. The lowest BCUT2D eigenvalue weighted by atomic mass is 10.1. The highest BCUT2D eigenvalue weighted by atomic mass is 16.6. The quantitative estimate of drug-likeness (QED) is 0.0108. The second-order valence-electron chi connectivity index (χ2n) is 30.7. The van der Waals surface area contributed by atoms with Crippen LogP contribution in [0.2, 0.25) is 0 Å². The standard InChI is InChI=1S/C88H140N12O21/c1-11-18-24-30-36-42-48-115-69-57-70(116-49-43-37-31-25-19-12-2)64(82(108)95-90-77(103)61-78(104)92-97-84(110)67-56-68(86(112)99-100-87(113)121-88(8,9)10)74(120-53-47-41-35-29-23-16-6)59-73(67)119-52-46-40-34-28-22-15-5)54-63(69)81(107)94-89-75(101)60-76(102)91-96-83(109)65-55-66(85(111)98-93-79(105)62-80(106)114-17-7)72(118-51-45-39-33-27-21-14-4)58-71(65)117-50-44-38-32-26-20-13-3/h54-59H,11-53,60-62H2,1-10H3,(H,89,101)(H,90,103)(H,91,102)(H,92,104)(H,93,105)(H,94,107)(H,95,108)(H,96,109)(H,97,110)(H,98,111)(H,99,112)(H,100,113). The van der Waals surface area contributed by atoms with Crippen molar-refractivity contribution in [2.45, 2.75) is 325 Å². The van der Waals surface area contributed by atoms with Crippen molar-refractivity contribution in [3.63, 3.8) is 0 Å². The lowest BCUT2D eigenvalue weighted by Gasteiger charge is -2.20. The van der Waals surface area contributed by atoms with Crippen LogP contribution in [0, 0.1) is 0 Å². The maximum atomic E-state index is 14.4. The molecule has 33 nitrogen and oxygen atoms in total. The van der Waals surface area contributed by atoms with Gasteiger partial charge in [0.25, 0.3) is 35.4 Å². The lowest BCUT2D eigenvalue weighted by molar-refractivity contribution is -0.146. The van der Waals surface area contributed by atoms with Crippen molar-refractivity contribution in [1.29, 1.82) is 0 Å². The first-order chi connectivity index (χ1) is 58.3. The molecule has 12 amide bonds. The predicted octanol–water partition coefficient (Wildman–Crippen LogP) is 14.2. The van der Waals surface area contributed by atoms with Crippen LogP contribution in [0.1, 0.15) is 382 Å². The molecule has 33 heteroatoms. The fourth-order valence-electron chi connectivity index (χ4n) is 12.2. The Balaban J connectivity index is 1.96. The Morgan fingerprint density at radius 3 is 0.628 bits per heavy atom. The average Bonchev–Trinajstić information content (AvgIpc) is 0.814. The summed E-state index contributed by atoms with van der Waals surface area (Å²) < 4.78 is 47.2. The van der Waals surface area contributed by atoms with Gasteiger partial charge >= 0.3 is 12.1 Å². The maximum absolute atomic E-state index is 14.4. The van der Waals surface area contributed by atoms with Crippen molar-refractivity contribution in [3.8, 4) is 34.5 Å². The van der Waals surface area contributed by atoms with Gasteiger partial charge in [-0.05, 0) is 84.4 Å². The number of carbonyl (C=O) groups excluding carboxylic acids is 13. The number of carbonyl (C=O) groups is 13. The summed E-state index contributed by atoms with van der Waals surface area (Å²) in [6, 6.07) is 7.54. The fraction of sp³-hybridized carbons (Fsp3) is 0.648. The zero-order valence-corrected chi connectivity index (χ0v) is 73.6. The van der Waals surface area contributed by atoms with Gasteiger partial charge in [0.1, 0.15) is 59.4 Å². The Labute approximate surface area is 715 Å². The molecule has 0 atom stereocenters. The zero-order chi connectivity index (χ0) is 88.8. The fourth-order valence-corrected chi connectivity index (χ4v) is 12.2. The summed E-state index contributed by atoms with van der Waals surface area (Å²) in [6.45, 7) is 20.1. The van der Waals surface area contributed by atoms with E-state index in [1.807, 2.05) is 0 Å². The van der Waals surface area contributed by atoms with Crippen molar-refractivity contribution < 1.29 is 100 Å². The van der Waals surface area contributed by atoms with E-state index in [1.54, 1.807) is 27.7 Å². The summed E-state index contributed by atoms with van der Waals surface area (Å²) in [5, 5.41) is 0. The highest BCUT2D eigenvalue weighted by Gasteiger charge is 2.29. The topological polar surface area (TPSA) is 440 Å². The van der Waals surface area contributed by atoms with Crippen LogP contribution in [-0.4, -0.2) is 129 Å². The van der Waals surface area contributed by atoms with Gasteiger partial charge in [0, 0.05) is 18.2 Å². The molecule has 0 bridgehead atoms. The van der Waals surface area contributed by atoms with Crippen LogP contribution in [-0.2, 0) is 38.2 Å². The molecule has 0 aliphatic carbocycles. The molecular weight excluding hydrogens is 1560 g/mol. The van der Waals surface area contributed by atoms with E-state index < -0.39 is 102 Å². The van der Waals surface area contributed by atoms with E-state index in [2.05, 4.69) is 107 Å². The first kappa shape index (κ1) is 105. The molecule has 678 valence electrons. The molecule has 0 saturated heterocycles. The first-order valence-electron chi connectivity index (χ1n) is 44.0. The van der Waals surface area contributed by atoms with E-state index in [9.17, 15) is 62.3 Å². The van der Waals surface area contributed by atoms with Crippen LogP contribution in [0.5, 0.6) is 34.5 Å². The van der Waals surface area contributed by atoms with Gasteiger partial charge in [0.2, 0.25) is 29.5 Å². The molecule has 121 heavy (non-hydrogen) atoms. The van der Waals surface area contributed by atoms with E-state index in [1.165, 1.54) is 24.3 Å². The first-order valence-corrected chi connectivity index (χ1v) is 44.0. The third-order valence-electron chi connectivity index (χ3n) is 18.8. The molecule has 0 aliphatic heterocycles. The molecule has 0 radical (unpaired) electrons. The minimum absolute atomic E-state index is 0.00504. The number of hydrazine groups is 6. The molecule has 0 unspecified atom stereocenters. The largest absolute Gasteiger partial charge is 0.493 e. The van der Waals surface area contributed by atoms with Gasteiger partial charge < -0.3 is 37.9 Å². The second-order valence-corrected chi connectivity index (χ2v) is 30.7. The van der Waals surface area contributed by atoms with Gasteiger partial charge in [0.05, 0.1) is 79.6 Å². The normalized spacial score (nSPS) is 10.9. The molecule has 12 N–H and O–H groups in total. The molecular formula is C88H140N12O21. The van der Waals surface area contributed by atoms with Gasteiger partial charge in [-0.25, -0.2) is 10.2 Å². The van der Waals surface area contributed by atoms with Crippen molar-refractivity contribution >= 4 is 77.0 Å². The number of esters is 1. The number of amides is 12. The minimum Gasteiger partial charge on any atom is -0.493 e. The highest BCUT2D eigenvalue weighted by molar-refractivity contribution is 6.08. The van der Waals surface area contributed by atoms with E-state index in [0.717, 1.165) is 205 Å². The monoisotopic (exact) mass is 1700 g/mol. The van der Waals surface area contributed by atoms with Gasteiger partial charge in [-0.2, -0.15) is 0 Å². The maximum Gasteiger partial charge on any atom is 0.426 e. The molecule has 3 aromatic rings. The van der Waals surface area contributed by atoms with E-state index in [4.69, 9.17) is 37.9 Å². The molecule has 3 aromatic carbocycles. The highest BCUT2D eigenvalue weighted by Crippen LogP contribution is 2.34. The van der Waals surface area contributed by atoms with Crippen molar-refractivity contribution in [2.24, 2.45) is 0 Å². The number of nitrogens with one attached hydrogen (secondary N) is 12. The van der Waals surface area contributed by atoms with Crippen LogP contribution < -0.4 is 93.5 Å². The van der Waals surface area contributed by atoms with Crippen LogP contribution in [0.3, 0.4) is 0 Å². The Morgan fingerprint density at radius 1 is 0.240 bits per heavy atom. The number of benzene rings is 3. The smallest absolute Gasteiger partial charge is 0.426 e. The number of hydrogen-bond donors (Lipinski definition) is 12. The summed E-state index contributed by atoms with van der Waals surface area (Å²) in [5.41, 5.74) is 24.3. The van der Waals surface area contributed by atoms with E-state index >= 15 is 0 Å². The van der Waals surface area contributed by atoms with Crippen LogP contribution >= 0.6 is 0 Å². The van der Waals surface area contributed by atoms with Gasteiger partial charge in [-0.3, -0.25) is 117 Å². The van der Waals surface area contributed by atoms with Gasteiger partial charge in [-0.15, -0.1) is 0 Å². The summed E-state index contributed by atoms with van der Waals surface area (Å²) >= 11 is 0. The van der Waals surface area contributed by atoms with Gasteiger partial charge in [0.15, 0.2) is 0 Å². The third kappa shape index (κ3) is 46.1. The molecule has 0 spiro atoms.